The monoisotopic (exact) mass is 343 g/mol. The van der Waals surface area contributed by atoms with Crippen LogP contribution in [0.15, 0.2) is 30.3 Å². The van der Waals surface area contributed by atoms with Crippen molar-refractivity contribution in [3.63, 3.8) is 0 Å². The number of nitrogens with one attached hydrogen (secondary N) is 1. The molecule has 25 heavy (non-hydrogen) atoms. The molecule has 5 nitrogen and oxygen atoms in total. The minimum Gasteiger partial charge on any atom is -0.351 e. The third-order valence-corrected chi connectivity index (χ3v) is 5.34. The van der Waals surface area contributed by atoms with Crippen molar-refractivity contribution in [2.75, 3.05) is 32.7 Å². The van der Waals surface area contributed by atoms with Gasteiger partial charge in [-0.05, 0) is 18.4 Å². The SMILES string of the molecule is O=C(CN1CCN(C(=O)C2CCCCC2)CC1)NCc1ccccc1. The summed E-state index contributed by atoms with van der Waals surface area (Å²) in [6, 6.07) is 9.94. The lowest BCUT2D eigenvalue weighted by Crippen LogP contribution is -2.52. The van der Waals surface area contributed by atoms with E-state index in [1.165, 1.54) is 19.3 Å². The molecule has 1 N–H and O–H groups in total. The standard InChI is InChI=1S/C20H29N3O2/c24-19(21-15-17-7-3-1-4-8-17)16-22-11-13-23(14-12-22)20(25)18-9-5-2-6-10-18/h1,3-4,7-8,18H,2,5-6,9-16H2,(H,21,24). The van der Waals surface area contributed by atoms with Gasteiger partial charge in [0, 0.05) is 38.6 Å². The second-order valence-electron chi connectivity index (χ2n) is 7.20. The molecule has 0 radical (unpaired) electrons. The molecule has 1 aromatic rings. The van der Waals surface area contributed by atoms with E-state index in [0.717, 1.165) is 44.6 Å². The van der Waals surface area contributed by atoms with Crippen LogP contribution in [0.3, 0.4) is 0 Å². The van der Waals surface area contributed by atoms with Crippen molar-refractivity contribution < 1.29 is 9.59 Å². The van der Waals surface area contributed by atoms with Crippen molar-refractivity contribution in [3.8, 4) is 0 Å². The topological polar surface area (TPSA) is 52.7 Å². The van der Waals surface area contributed by atoms with Gasteiger partial charge in [0.05, 0.1) is 6.54 Å². The number of amides is 2. The molecule has 2 aliphatic rings. The first kappa shape index (κ1) is 17.9. The van der Waals surface area contributed by atoms with Crippen molar-refractivity contribution in [1.82, 2.24) is 15.1 Å². The van der Waals surface area contributed by atoms with Gasteiger partial charge in [-0.2, -0.15) is 0 Å². The lowest BCUT2D eigenvalue weighted by atomic mass is 9.88. The quantitative estimate of drug-likeness (QED) is 0.890. The summed E-state index contributed by atoms with van der Waals surface area (Å²) in [7, 11) is 0. The fourth-order valence-corrected chi connectivity index (χ4v) is 3.79. The van der Waals surface area contributed by atoms with Gasteiger partial charge < -0.3 is 10.2 Å². The Hall–Kier alpha value is -1.88. The summed E-state index contributed by atoms with van der Waals surface area (Å²) in [6.07, 6.45) is 5.77. The molecule has 1 aliphatic carbocycles. The highest BCUT2D eigenvalue weighted by Gasteiger charge is 2.28. The maximum absolute atomic E-state index is 12.6. The Labute approximate surface area is 150 Å². The number of benzene rings is 1. The van der Waals surface area contributed by atoms with Crippen LogP contribution in [0.4, 0.5) is 0 Å². The molecule has 136 valence electrons. The highest BCUT2D eigenvalue weighted by atomic mass is 16.2. The molecule has 0 spiro atoms. The Bertz CT molecular complexity index is 562. The summed E-state index contributed by atoms with van der Waals surface area (Å²) < 4.78 is 0. The number of hydrogen-bond donors (Lipinski definition) is 1. The van der Waals surface area contributed by atoms with Gasteiger partial charge in [0.25, 0.3) is 0 Å². The van der Waals surface area contributed by atoms with E-state index in [0.29, 0.717) is 19.0 Å². The van der Waals surface area contributed by atoms with E-state index in [2.05, 4.69) is 10.2 Å². The van der Waals surface area contributed by atoms with Crippen LogP contribution >= 0.6 is 0 Å². The highest BCUT2D eigenvalue weighted by molar-refractivity contribution is 5.79. The molecule has 0 atom stereocenters. The second-order valence-corrected chi connectivity index (χ2v) is 7.20. The maximum Gasteiger partial charge on any atom is 0.234 e. The Morgan fingerprint density at radius 1 is 0.960 bits per heavy atom. The zero-order valence-electron chi connectivity index (χ0n) is 15.0. The van der Waals surface area contributed by atoms with Gasteiger partial charge in [0.15, 0.2) is 0 Å². The first-order valence-corrected chi connectivity index (χ1v) is 9.54. The van der Waals surface area contributed by atoms with Crippen LogP contribution in [0.25, 0.3) is 0 Å². The average molecular weight is 343 g/mol. The number of rotatable bonds is 5. The van der Waals surface area contributed by atoms with Gasteiger partial charge >= 0.3 is 0 Å². The molecule has 0 bridgehead atoms. The maximum atomic E-state index is 12.6. The molecular weight excluding hydrogens is 314 g/mol. The normalized spacial score (nSPS) is 19.6. The summed E-state index contributed by atoms with van der Waals surface area (Å²) in [5.74, 6) is 0.637. The molecular formula is C20H29N3O2. The van der Waals surface area contributed by atoms with Crippen LogP contribution in [0.5, 0.6) is 0 Å². The Morgan fingerprint density at radius 2 is 1.64 bits per heavy atom. The minimum atomic E-state index is 0.0518. The molecule has 2 amide bonds. The summed E-state index contributed by atoms with van der Waals surface area (Å²) in [4.78, 5) is 28.8. The number of nitrogens with zero attached hydrogens (tertiary/aromatic N) is 2. The predicted octanol–water partition coefficient (Wildman–Crippen LogP) is 2.03. The van der Waals surface area contributed by atoms with Crippen LogP contribution in [0.2, 0.25) is 0 Å². The molecule has 1 heterocycles. The molecule has 2 fully saturated rings. The van der Waals surface area contributed by atoms with Crippen molar-refractivity contribution >= 4 is 11.8 Å². The van der Waals surface area contributed by atoms with Gasteiger partial charge in [-0.3, -0.25) is 14.5 Å². The average Bonchev–Trinajstić information content (AvgIpc) is 2.68. The van der Waals surface area contributed by atoms with Gasteiger partial charge in [0.1, 0.15) is 0 Å². The summed E-state index contributed by atoms with van der Waals surface area (Å²) in [5.41, 5.74) is 1.11. The summed E-state index contributed by atoms with van der Waals surface area (Å²) >= 11 is 0. The molecule has 1 saturated carbocycles. The van der Waals surface area contributed by atoms with Gasteiger partial charge in [0.2, 0.25) is 11.8 Å². The van der Waals surface area contributed by atoms with E-state index in [9.17, 15) is 9.59 Å². The van der Waals surface area contributed by atoms with E-state index < -0.39 is 0 Å². The summed E-state index contributed by atoms with van der Waals surface area (Å²) in [6.45, 7) is 4.06. The molecule has 1 aromatic carbocycles. The molecule has 0 unspecified atom stereocenters. The van der Waals surface area contributed by atoms with Gasteiger partial charge in [-0.1, -0.05) is 49.6 Å². The van der Waals surface area contributed by atoms with E-state index in [1.54, 1.807) is 0 Å². The van der Waals surface area contributed by atoms with Crippen LogP contribution in [0.1, 0.15) is 37.7 Å². The Balaban J connectivity index is 1.37. The van der Waals surface area contributed by atoms with Crippen LogP contribution in [-0.4, -0.2) is 54.3 Å². The number of piperazine rings is 1. The van der Waals surface area contributed by atoms with Crippen molar-refractivity contribution in [3.05, 3.63) is 35.9 Å². The first-order chi connectivity index (χ1) is 12.2. The third-order valence-electron chi connectivity index (χ3n) is 5.34. The second kappa shape index (κ2) is 8.99. The lowest BCUT2D eigenvalue weighted by molar-refractivity contribution is -0.138. The van der Waals surface area contributed by atoms with Crippen molar-refractivity contribution in [2.24, 2.45) is 5.92 Å². The predicted molar refractivity (Wildman–Crippen MR) is 97.9 cm³/mol. The van der Waals surface area contributed by atoms with Crippen LogP contribution < -0.4 is 5.32 Å². The minimum absolute atomic E-state index is 0.0518. The van der Waals surface area contributed by atoms with Gasteiger partial charge in [-0.15, -0.1) is 0 Å². The van der Waals surface area contributed by atoms with Crippen LogP contribution in [0, 0.1) is 5.92 Å². The molecule has 5 heteroatoms. The largest absolute Gasteiger partial charge is 0.351 e. The van der Waals surface area contributed by atoms with E-state index in [4.69, 9.17) is 0 Å². The Kier molecular flexibility index (Phi) is 6.45. The zero-order valence-corrected chi connectivity index (χ0v) is 15.0. The molecule has 0 aromatic heterocycles. The van der Waals surface area contributed by atoms with Crippen molar-refractivity contribution in [1.29, 1.82) is 0 Å². The van der Waals surface area contributed by atoms with Crippen LogP contribution in [-0.2, 0) is 16.1 Å². The molecule has 1 saturated heterocycles. The van der Waals surface area contributed by atoms with E-state index >= 15 is 0 Å². The number of carbonyl (C=O) groups is 2. The Morgan fingerprint density at radius 3 is 2.32 bits per heavy atom. The smallest absolute Gasteiger partial charge is 0.234 e. The van der Waals surface area contributed by atoms with E-state index in [1.807, 2.05) is 35.2 Å². The molecule has 3 rings (SSSR count). The van der Waals surface area contributed by atoms with Crippen molar-refractivity contribution in [2.45, 2.75) is 38.6 Å². The van der Waals surface area contributed by atoms with E-state index in [-0.39, 0.29) is 11.8 Å². The zero-order chi connectivity index (χ0) is 17.5. The third kappa shape index (κ3) is 5.30. The van der Waals surface area contributed by atoms with Gasteiger partial charge in [-0.25, -0.2) is 0 Å². The fraction of sp³-hybridized carbons (Fsp3) is 0.600. The number of hydrogen-bond acceptors (Lipinski definition) is 3. The lowest BCUT2D eigenvalue weighted by Gasteiger charge is -2.36. The molecule has 1 aliphatic heterocycles. The first-order valence-electron chi connectivity index (χ1n) is 9.54. The summed E-state index contributed by atoms with van der Waals surface area (Å²) in [5, 5.41) is 2.97. The number of carbonyl (C=O) groups excluding carboxylic acids is 2. The highest BCUT2D eigenvalue weighted by Crippen LogP contribution is 2.25. The fourth-order valence-electron chi connectivity index (χ4n) is 3.79.